The maximum atomic E-state index is 11.3. The Bertz CT molecular complexity index is 664. The van der Waals surface area contributed by atoms with Crippen LogP contribution in [0.4, 0.5) is 0 Å². The van der Waals surface area contributed by atoms with E-state index < -0.39 is 5.97 Å². The van der Waals surface area contributed by atoms with Crippen molar-refractivity contribution in [1.82, 2.24) is 0 Å². The zero-order chi connectivity index (χ0) is 16.3. The van der Waals surface area contributed by atoms with Crippen LogP contribution in [0.1, 0.15) is 43.6 Å². The quantitative estimate of drug-likeness (QED) is 0.886. The fourth-order valence-corrected chi connectivity index (χ4v) is 2.30. The maximum absolute atomic E-state index is 11.3. The first-order valence-corrected chi connectivity index (χ1v) is 7.43. The molecule has 0 bridgehead atoms. The fraction of sp³-hybridized carbons (Fsp3) is 0.316. The molecule has 2 rings (SSSR count). The number of carboxylic acids is 1. The van der Waals surface area contributed by atoms with Gasteiger partial charge in [-0.15, -0.1) is 0 Å². The van der Waals surface area contributed by atoms with E-state index in [9.17, 15) is 9.90 Å². The van der Waals surface area contributed by atoms with Gasteiger partial charge >= 0.3 is 5.97 Å². The lowest BCUT2D eigenvalue weighted by Crippen LogP contribution is -2.10. The van der Waals surface area contributed by atoms with Gasteiger partial charge in [-0.25, -0.2) is 4.79 Å². The summed E-state index contributed by atoms with van der Waals surface area (Å²) in [5, 5.41) is 9.24. The third kappa shape index (κ3) is 3.67. The van der Waals surface area contributed by atoms with Crippen LogP contribution in [0.15, 0.2) is 42.5 Å². The molecule has 0 heterocycles. The Morgan fingerprint density at radius 2 is 1.68 bits per heavy atom. The summed E-state index contributed by atoms with van der Waals surface area (Å²) in [6.45, 7) is 8.89. The van der Waals surface area contributed by atoms with E-state index in [2.05, 4.69) is 32.9 Å². The summed E-state index contributed by atoms with van der Waals surface area (Å²) in [5.41, 5.74) is 3.41. The van der Waals surface area contributed by atoms with Gasteiger partial charge in [0.05, 0.1) is 12.2 Å². The van der Waals surface area contributed by atoms with Gasteiger partial charge in [-0.2, -0.15) is 0 Å². The summed E-state index contributed by atoms with van der Waals surface area (Å²) in [4.78, 5) is 11.3. The van der Waals surface area contributed by atoms with Gasteiger partial charge in [-0.3, -0.25) is 0 Å². The SMILES string of the molecule is CCOc1cc(C(=O)O)cc(-c2ccc(C(C)(C)C)cc2)c1. The third-order valence-corrected chi connectivity index (χ3v) is 3.55. The Hall–Kier alpha value is -2.29. The number of hydrogen-bond acceptors (Lipinski definition) is 2. The number of aromatic carboxylic acids is 1. The number of benzene rings is 2. The number of rotatable bonds is 4. The predicted octanol–water partition coefficient (Wildman–Crippen LogP) is 4.75. The number of carboxylic acid groups (broad SMARTS) is 1. The molecule has 0 saturated heterocycles. The van der Waals surface area contributed by atoms with Gasteiger partial charge in [0.15, 0.2) is 0 Å². The first-order chi connectivity index (χ1) is 10.3. The smallest absolute Gasteiger partial charge is 0.335 e. The Morgan fingerprint density at radius 1 is 1.05 bits per heavy atom. The highest BCUT2D eigenvalue weighted by Gasteiger charge is 2.14. The van der Waals surface area contributed by atoms with Gasteiger partial charge in [-0.05, 0) is 47.2 Å². The van der Waals surface area contributed by atoms with Crippen molar-refractivity contribution in [3.05, 3.63) is 53.6 Å². The monoisotopic (exact) mass is 298 g/mol. The molecule has 2 aromatic carbocycles. The van der Waals surface area contributed by atoms with Crippen LogP contribution in [0.5, 0.6) is 5.75 Å². The van der Waals surface area contributed by atoms with Crippen molar-refractivity contribution >= 4 is 5.97 Å². The third-order valence-electron chi connectivity index (χ3n) is 3.55. The van der Waals surface area contributed by atoms with Gasteiger partial charge in [0.1, 0.15) is 5.75 Å². The van der Waals surface area contributed by atoms with Crippen LogP contribution in [0.25, 0.3) is 11.1 Å². The van der Waals surface area contributed by atoms with Crippen LogP contribution in [-0.2, 0) is 5.41 Å². The van der Waals surface area contributed by atoms with Crippen LogP contribution in [0, 0.1) is 0 Å². The highest BCUT2D eigenvalue weighted by molar-refractivity contribution is 5.90. The minimum Gasteiger partial charge on any atom is -0.494 e. The molecule has 0 unspecified atom stereocenters. The lowest BCUT2D eigenvalue weighted by atomic mass is 9.86. The Balaban J connectivity index is 2.44. The molecule has 0 saturated carbocycles. The standard InChI is InChI=1S/C19H22O3/c1-5-22-17-11-14(10-15(12-17)18(20)21)13-6-8-16(9-7-13)19(2,3)4/h6-12H,5H2,1-4H3,(H,20,21). The molecule has 0 spiro atoms. The molecule has 0 aliphatic heterocycles. The molecule has 2 aromatic rings. The normalized spacial score (nSPS) is 11.3. The van der Waals surface area contributed by atoms with Gasteiger partial charge in [0.25, 0.3) is 0 Å². The van der Waals surface area contributed by atoms with E-state index in [1.807, 2.05) is 25.1 Å². The second-order valence-corrected chi connectivity index (χ2v) is 6.31. The lowest BCUT2D eigenvalue weighted by Gasteiger charge is -2.19. The molecule has 0 fully saturated rings. The molecule has 3 heteroatoms. The molecule has 3 nitrogen and oxygen atoms in total. The average molecular weight is 298 g/mol. The van der Waals surface area contributed by atoms with E-state index >= 15 is 0 Å². The van der Waals surface area contributed by atoms with Crippen molar-refractivity contribution < 1.29 is 14.6 Å². The summed E-state index contributed by atoms with van der Waals surface area (Å²) in [6.07, 6.45) is 0. The largest absolute Gasteiger partial charge is 0.494 e. The average Bonchev–Trinajstić information content (AvgIpc) is 2.46. The fourth-order valence-electron chi connectivity index (χ4n) is 2.30. The molecule has 0 aliphatic carbocycles. The summed E-state index contributed by atoms with van der Waals surface area (Å²) in [5.74, 6) is -0.369. The van der Waals surface area contributed by atoms with E-state index in [0.29, 0.717) is 12.4 Å². The topological polar surface area (TPSA) is 46.5 Å². The molecule has 22 heavy (non-hydrogen) atoms. The molecular formula is C19H22O3. The lowest BCUT2D eigenvalue weighted by molar-refractivity contribution is 0.0696. The Kier molecular flexibility index (Phi) is 4.55. The van der Waals surface area contributed by atoms with E-state index in [0.717, 1.165) is 11.1 Å². The van der Waals surface area contributed by atoms with E-state index in [-0.39, 0.29) is 11.0 Å². The number of hydrogen-bond donors (Lipinski definition) is 1. The Labute approximate surface area is 131 Å². The van der Waals surface area contributed by atoms with Crippen molar-refractivity contribution in [2.24, 2.45) is 0 Å². The highest BCUT2D eigenvalue weighted by Crippen LogP contribution is 2.29. The molecule has 0 amide bonds. The van der Waals surface area contributed by atoms with Crippen molar-refractivity contribution in [3.63, 3.8) is 0 Å². The van der Waals surface area contributed by atoms with Crippen LogP contribution < -0.4 is 4.74 Å². The number of carbonyl (C=O) groups is 1. The van der Waals surface area contributed by atoms with E-state index in [1.54, 1.807) is 12.1 Å². The number of ether oxygens (including phenoxy) is 1. The van der Waals surface area contributed by atoms with Crippen LogP contribution in [-0.4, -0.2) is 17.7 Å². The first-order valence-electron chi connectivity index (χ1n) is 7.43. The summed E-state index contributed by atoms with van der Waals surface area (Å²) >= 11 is 0. The van der Waals surface area contributed by atoms with Crippen molar-refractivity contribution in [2.45, 2.75) is 33.1 Å². The molecule has 1 N–H and O–H groups in total. The molecular weight excluding hydrogens is 276 g/mol. The molecule has 0 aliphatic rings. The minimum atomic E-state index is -0.950. The van der Waals surface area contributed by atoms with Crippen LogP contribution in [0.2, 0.25) is 0 Å². The predicted molar refractivity (Wildman–Crippen MR) is 88.7 cm³/mol. The second-order valence-electron chi connectivity index (χ2n) is 6.31. The maximum Gasteiger partial charge on any atom is 0.335 e. The van der Waals surface area contributed by atoms with Gasteiger partial charge in [0, 0.05) is 0 Å². The van der Waals surface area contributed by atoms with E-state index in [1.165, 1.54) is 5.56 Å². The van der Waals surface area contributed by atoms with Crippen molar-refractivity contribution in [2.75, 3.05) is 6.61 Å². The zero-order valence-corrected chi connectivity index (χ0v) is 13.5. The van der Waals surface area contributed by atoms with Crippen LogP contribution >= 0.6 is 0 Å². The van der Waals surface area contributed by atoms with Gasteiger partial charge in [-0.1, -0.05) is 45.0 Å². The Morgan fingerprint density at radius 3 is 2.18 bits per heavy atom. The van der Waals surface area contributed by atoms with Gasteiger partial charge in [0.2, 0.25) is 0 Å². The molecule has 0 atom stereocenters. The van der Waals surface area contributed by atoms with Crippen molar-refractivity contribution in [1.29, 1.82) is 0 Å². The molecule has 116 valence electrons. The molecule has 0 radical (unpaired) electrons. The molecule has 0 aromatic heterocycles. The highest BCUT2D eigenvalue weighted by atomic mass is 16.5. The van der Waals surface area contributed by atoms with E-state index in [4.69, 9.17) is 4.74 Å². The minimum absolute atomic E-state index is 0.0952. The zero-order valence-electron chi connectivity index (χ0n) is 13.5. The second kappa shape index (κ2) is 6.22. The van der Waals surface area contributed by atoms with Crippen molar-refractivity contribution in [3.8, 4) is 16.9 Å². The van der Waals surface area contributed by atoms with Gasteiger partial charge < -0.3 is 9.84 Å². The summed E-state index contributed by atoms with van der Waals surface area (Å²) in [7, 11) is 0. The summed E-state index contributed by atoms with van der Waals surface area (Å²) < 4.78 is 5.47. The summed E-state index contributed by atoms with van der Waals surface area (Å²) in [6, 6.07) is 13.3. The van der Waals surface area contributed by atoms with Crippen LogP contribution in [0.3, 0.4) is 0 Å². The first kappa shape index (κ1) is 16.1.